The van der Waals surface area contributed by atoms with Gasteiger partial charge in [0, 0.05) is 39.3 Å². The molecule has 3 amide bonds. The lowest BCUT2D eigenvalue weighted by molar-refractivity contribution is -0.275. The monoisotopic (exact) mass is 510 g/mol. The maximum Gasteiger partial charge on any atom is 0.573 e. The molecule has 2 aliphatic heterocycles. The summed E-state index contributed by atoms with van der Waals surface area (Å²) in [6.45, 7) is 2.64. The van der Waals surface area contributed by atoms with Gasteiger partial charge in [-0.1, -0.05) is 6.07 Å². The van der Waals surface area contributed by atoms with Crippen molar-refractivity contribution in [3.63, 3.8) is 0 Å². The number of nitrogens with one attached hydrogen (secondary N) is 1. The second-order valence-electron chi connectivity index (χ2n) is 9.00. The smallest absolute Gasteiger partial charge is 0.403 e. The quantitative estimate of drug-likeness (QED) is 0.492. The van der Waals surface area contributed by atoms with Crippen molar-refractivity contribution in [2.24, 2.45) is 11.8 Å². The lowest BCUT2D eigenvalue weighted by atomic mass is 9.92. The van der Waals surface area contributed by atoms with E-state index in [1.807, 2.05) is 4.90 Å². The Morgan fingerprint density at radius 1 is 1.19 bits per heavy atom. The third-order valence-electron chi connectivity index (χ3n) is 6.49. The molecule has 2 aliphatic rings. The van der Waals surface area contributed by atoms with Crippen molar-refractivity contribution in [3.8, 4) is 5.75 Å². The minimum Gasteiger partial charge on any atom is -0.403 e. The lowest BCUT2D eigenvalue weighted by Gasteiger charge is -2.25. The number of hydrogen-bond acceptors (Lipinski definition) is 5. The Morgan fingerprint density at radius 2 is 1.89 bits per heavy atom. The summed E-state index contributed by atoms with van der Waals surface area (Å²) in [5, 5.41) is 10.2. The molecule has 1 aromatic carbocycles. The summed E-state index contributed by atoms with van der Waals surface area (Å²) >= 11 is 0. The number of likely N-dealkylation sites (tertiary alicyclic amines) is 2. The molecule has 1 aromatic heterocycles. The van der Waals surface area contributed by atoms with Crippen LogP contribution in [0, 0.1) is 17.7 Å². The van der Waals surface area contributed by atoms with Crippen LogP contribution in [0.5, 0.6) is 5.75 Å². The lowest BCUT2D eigenvalue weighted by Crippen LogP contribution is -2.40. The number of carbonyl (C=O) groups excluding carboxylic acids is 2. The predicted octanol–water partition coefficient (Wildman–Crippen LogP) is 3.28. The number of nitrogens with zero attached hydrogens (tertiary/aromatic N) is 5. The number of fused-ring (bicyclic) bond motifs is 1. The molecule has 13 heteroatoms. The summed E-state index contributed by atoms with van der Waals surface area (Å²) in [6.07, 6.45) is 0.732. The first-order valence-corrected chi connectivity index (χ1v) is 11.5. The molecule has 0 radical (unpaired) electrons. The first kappa shape index (κ1) is 25.5. The Balaban J connectivity index is 1.28. The van der Waals surface area contributed by atoms with E-state index in [2.05, 4.69) is 20.1 Å². The number of urea groups is 1. The SMILES string of the molecule is CN(Cc1cn[nH]n1)C(=O)N1CC2CCN(C(=O)C=Cc3ccc(OC(F)(F)F)c(F)c3)CCC2C1. The Kier molecular flexibility index (Phi) is 7.45. The Labute approximate surface area is 204 Å². The molecule has 194 valence electrons. The molecular weight excluding hydrogens is 484 g/mol. The van der Waals surface area contributed by atoms with Crippen molar-refractivity contribution in [3.05, 3.63) is 47.5 Å². The number of ether oxygens (including phenoxy) is 1. The predicted molar refractivity (Wildman–Crippen MR) is 120 cm³/mol. The maximum absolute atomic E-state index is 13.9. The van der Waals surface area contributed by atoms with Gasteiger partial charge in [0.1, 0.15) is 5.69 Å². The molecule has 36 heavy (non-hydrogen) atoms. The highest BCUT2D eigenvalue weighted by molar-refractivity contribution is 5.91. The Bertz CT molecular complexity index is 1090. The van der Waals surface area contributed by atoms with Gasteiger partial charge >= 0.3 is 12.4 Å². The van der Waals surface area contributed by atoms with Crippen LogP contribution in [0.1, 0.15) is 24.1 Å². The van der Waals surface area contributed by atoms with E-state index in [1.165, 1.54) is 18.2 Å². The Morgan fingerprint density at radius 3 is 2.47 bits per heavy atom. The van der Waals surface area contributed by atoms with Crippen LogP contribution in [0.15, 0.2) is 30.5 Å². The number of benzene rings is 1. The molecule has 2 unspecified atom stereocenters. The minimum absolute atomic E-state index is 0.0687. The summed E-state index contributed by atoms with van der Waals surface area (Å²) in [5.74, 6) is -1.79. The number of hydrogen-bond donors (Lipinski definition) is 1. The summed E-state index contributed by atoms with van der Waals surface area (Å²) in [7, 11) is 1.72. The van der Waals surface area contributed by atoms with Gasteiger partial charge in [-0.2, -0.15) is 15.4 Å². The van der Waals surface area contributed by atoms with E-state index in [-0.39, 0.29) is 29.3 Å². The molecule has 2 aromatic rings. The fourth-order valence-electron chi connectivity index (χ4n) is 4.68. The molecule has 0 saturated carbocycles. The average Bonchev–Trinajstić information content (AvgIpc) is 3.43. The molecule has 2 saturated heterocycles. The fraction of sp³-hybridized carbons (Fsp3) is 0.478. The number of halogens is 4. The zero-order valence-electron chi connectivity index (χ0n) is 19.5. The van der Waals surface area contributed by atoms with E-state index in [9.17, 15) is 27.2 Å². The second-order valence-corrected chi connectivity index (χ2v) is 9.00. The van der Waals surface area contributed by atoms with Crippen LogP contribution < -0.4 is 4.74 Å². The first-order valence-electron chi connectivity index (χ1n) is 11.5. The molecule has 0 bridgehead atoms. The highest BCUT2D eigenvalue weighted by Gasteiger charge is 2.38. The van der Waals surface area contributed by atoms with Gasteiger partial charge in [-0.3, -0.25) is 4.79 Å². The topological polar surface area (TPSA) is 94.7 Å². The van der Waals surface area contributed by atoms with Crippen LogP contribution in [-0.2, 0) is 11.3 Å². The molecule has 4 rings (SSSR count). The molecule has 1 N–H and O–H groups in total. The van der Waals surface area contributed by atoms with Crippen molar-refractivity contribution >= 4 is 18.0 Å². The number of aromatic amines is 1. The third-order valence-corrected chi connectivity index (χ3v) is 6.49. The Hall–Kier alpha value is -3.64. The number of rotatable bonds is 5. The van der Waals surface area contributed by atoms with Crippen LogP contribution in [0.25, 0.3) is 6.08 Å². The summed E-state index contributed by atoms with van der Waals surface area (Å²) in [5.41, 5.74) is 0.917. The highest BCUT2D eigenvalue weighted by atomic mass is 19.4. The van der Waals surface area contributed by atoms with Crippen molar-refractivity contribution in [1.29, 1.82) is 0 Å². The van der Waals surface area contributed by atoms with Crippen LogP contribution in [0.3, 0.4) is 0 Å². The highest BCUT2D eigenvalue weighted by Crippen LogP contribution is 2.32. The zero-order valence-corrected chi connectivity index (χ0v) is 19.5. The van der Waals surface area contributed by atoms with Crippen LogP contribution in [-0.4, -0.2) is 81.6 Å². The largest absolute Gasteiger partial charge is 0.573 e. The molecular formula is C23H26F4N6O3. The molecule has 9 nitrogen and oxygen atoms in total. The molecule has 2 atom stereocenters. The van der Waals surface area contributed by atoms with Gasteiger partial charge in [0.25, 0.3) is 0 Å². The van der Waals surface area contributed by atoms with E-state index in [4.69, 9.17) is 0 Å². The van der Waals surface area contributed by atoms with E-state index >= 15 is 0 Å². The van der Waals surface area contributed by atoms with Gasteiger partial charge in [0.15, 0.2) is 11.6 Å². The summed E-state index contributed by atoms with van der Waals surface area (Å²) < 4.78 is 54.3. The summed E-state index contributed by atoms with van der Waals surface area (Å²) in [6, 6.07) is 2.92. The van der Waals surface area contributed by atoms with Crippen LogP contribution in [0.4, 0.5) is 22.4 Å². The third kappa shape index (κ3) is 6.32. The molecule has 2 fully saturated rings. The first-order chi connectivity index (χ1) is 17.1. The molecule has 0 spiro atoms. The van der Waals surface area contributed by atoms with Crippen molar-refractivity contribution < 1.29 is 31.9 Å². The fourth-order valence-corrected chi connectivity index (χ4v) is 4.68. The van der Waals surface area contributed by atoms with Crippen molar-refractivity contribution in [2.75, 3.05) is 33.2 Å². The van der Waals surface area contributed by atoms with Gasteiger partial charge < -0.3 is 19.4 Å². The van der Waals surface area contributed by atoms with Gasteiger partial charge in [0.05, 0.1) is 12.7 Å². The van der Waals surface area contributed by atoms with Gasteiger partial charge in [-0.15, -0.1) is 13.2 Å². The number of carbonyl (C=O) groups is 2. The van der Waals surface area contributed by atoms with E-state index in [0.29, 0.717) is 38.4 Å². The molecule has 0 aliphatic carbocycles. The van der Waals surface area contributed by atoms with Gasteiger partial charge in [0.2, 0.25) is 5.91 Å². The minimum atomic E-state index is -4.99. The maximum atomic E-state index is 13.9. The second kappa shape index (κ2) is 10.5. The van der Waals surface area contributed by atoms with Crippen molar-refractivity contribution in [1.82, 2.24) is 30.1 Å². The van der Waals surface area contributed by atoms with Crippen LogP contribution >= 0.6 is 0 Å². The van der Waals surface area contributed by atoms with Crippen molar-refractivity contribution in [2.45, 2.75) is 25.7 Å². The number of alkyl halides is 3. The van der Waals surface area contributed by atoms with Crippen LogP contribution in [0.2, 0.25) is 0 Å². The van der Waals surface area contributed by atoms with Gasteiger partial charge in [-0.05, 0) is 48.4 Å². The standard InChI is InChI=1S/C23H26F4N6O3/c1-31(14-18-11-28-30-29-18)22(35)33-12-16-6-8-32(9-7-17(16)13-33)21(34)5-3-15-2-4-20(19(24)10-15)36-23(25,26)27/h2-5,10-11,16-17H,6-9,12-14H2,1H3,(H,28,29,30). The van der Waals surface area contributed by atoms with Gasteiger partial charge in [-0.25, -0.2) is 9.18 Å². The normalized spacial score (nSPS) is 20.4. The van der Waals surface area contributed by atoms with E-state index in [0.717, 1.165) is 25.0 Å². The van der Waals surface area contributed by atoms with E-state index < -0.39 is 17.9 Å². The zero-order chi connectivity index (χ0) is 25.9. The number of aromatic nitrogens is 3. The summed E-state index contributed by atoms with van der Waals surface area (Å²) in [4.78, 5) is 30.7. The van der Waals surface area contributed by atoms with E-state index in [1.54, 1.807) is 23.0 Å². The number of H-pyrrole nitrogens is 1. The molecule has 3 heterocycles. The number of amides is 3. The average molecular weight is 510 g/mol.